The van der Waals surface area contributed by atoms with E-state index >= 15 is 0 Å². The number of nitrogens with one attached hydrogen (secondary N) is 1. The molecule has 118 valence electrons. The Balaban J connectivity index is 1.80. The van der Waals surface area contributed by atoms with Crippen molar-refractivity contribution in [2.24, 2.45) is 7.05 Å². The number of aromatic nitrogens is 4. The third-order valence-corrected chi connectivity index (χ3v) is 3.57. The molecule has 0 saturated carbocycles. The van der Waals surface area contributed by atoms with E-state index in [1.54, 1.807) is 29.9 Å². The van der Waals surface area contributed by atoms with Crippen molar-refractivity contribution in [2.45, 2.75) is 6.54 Å². The average molecular weight is 310 g/mol. The lowest BCUT2D eigenvalue weighted by Gasteiger charge is -2.12. The molecule has 2 aromatic heterocycles. The van der Waals surface area contributed by atoms with Crippen molar-refractivity contribution in [1.29, 1.82) is 0 Å². The quantitative estimate of drug-likeness (QED) is 0.793. The summed E-state index contributed by atoms with van der Waals surface area (Å²) in [5.41, 5.74) is 2.45. The van der Waals surface area contributed by atoms with Crippen LogP contribution in [0.25, 0.3) is 11.0 Å². The van der Waals surface area contributed by atoms with Gasteiger partial charge in [-0.2, -0.15) is 5.10 Å². The van der Waals surface area contributed by atoms with Crippen LogP contribution in [0.5, 0.6) is 0 Å². The van der Waals surface area contributed by atoms with E-state index in [1.165, 1.54) is 6.33 Å². The van der Waals surface area contributed by atoms with Gasteiger partial charge < -0.3 is 10.2 Å². The van der Waals surface area contributed by atoms with Gasteiger partial charge in [-0.25, -0.2) is 9.97 Å². The SMILES string of the molecule is CN(C)C(=O)c1cccc(CNc2ncnc3c2cnn3C)c1. The third-order valence-electron chi connectivity index (χ3n) is 3.57. The molecule has 23 heavy (non-hydrogen) atoms. The van der Waals surface area contributed by atoms with Gasteiger partial charge in [0, 0.05) is 33.3 Å². The van der Waals surface area contributed by atoms with Crippen molar-refractivity contribution < 1.29 is 4.79 Å². The fraction of sp³-hybridized carbons (Fsp3) is 0.250. The zero-order valence-electron chi connectivity index (χ0n) is 13.3. The van der Waals surface area contributed by atoms with Gasteiger partial charge in [-0.1, -0.05) is 12.1 Å². The number of fused-ring (bicyclic) bond motifs is 1. The predicted molar refractivity (Wildman–Crippen MR) is 88.1 cm³/mol. The van der Waals surface area contributed by atoms with Crippen molar-refractivity contribution in [3.05, 3.63) is 47.9 Å². The molecule has 0 fully saturated rings. The predicted octanol–water partition coefficient (Wildman–Crippen LogP) is 1.68. The summed E-state index contributed by atoms with van der Waals surface area (Å²) in [4.78, 5) is 22.1. The molecular formula is C16H18N6O. The lowest BCUT2D eigenvalue weighted by atomic mass is 10.1. The number of hydrogen-bond donors (Lipinski definition) is 1. The molecule has 3 rings (SSSR count). The van der Waals surface area contributed by atoms with Gasteiger partial charge in [-0.15, -0.1) is 0 Å². The van der Waals surface area contributed by atoms with Crippen LogP contribution in [0.2, 0.25) is 0 Å². The van der Waals surface area contributed by atoms with Crippen LogP contribution < -0.4 is 5.32 Å². The zero-order chi connectivity index (χ0) is 16.4. The highest BCUT2D eigenvalue weighted by Crippen LogP contribution is 2.18. The summed E-state index contributed by atoms with van der Waals surface area (Å²) in [5, 5.41) is 8.35. The molecule has 7 heteroatoms. The number of hydrogen-bond acceptors (Lipinski definition) is 5. The molecule has 0 bridgehead atoms. The second kappa shape index (κ2) is 6.04. The molecule has 0 atom stereocenters. The summed E-state index contributed by atoms with van der Waals surface area (Å²) in [6.07, 6.45) is 3.25. The standard InChI is InChI=1S/C16H18N6O/c1-21(2)16(23)12-6-4-5-11(7-12)8-17-14-13-9-20-22(3)15(13)19-10-18-14/h4-7,9-10H,8H2,1-3H3,(H,17,18,19). The molecule has 0 radical (unpaired) electrons. The molecule has 1 N–H and O–H groups in total. The van der Waals surface area contributed by atoms with Crippen LogP contribution in [-0.4, -0.2) is 44.7 Å². The average Bonchev–Trinajstić information content (AvgIpc) is 2.94. The highest BCUT2D eigenvalue weighted by molar-refractivity contribution is 5.94. The monoisotopic (exact) mass is 310 g/mol. The van der Waals surface area contributed by atoms with E-state index in [9.17, 15) is 4.79 Å². The molecule has 0 aliphatic heterocycles. The minimum absolute atomic E-state index is 0.0106. The number of amides is 1. The lowest BCUT2D eigenvalue weighted by molar-refractivity contribution is 0.0827. The Bertz CT molecular complexity index is 855. The first-order valence-electron chi connectivity index (χ1n) is 7.23. The minimum atomic E-state index is -0.0106. The van der Waals surface area contributed by atoms with Crippen LogP contribution >= 0.6 is 0 Å². The highest BCUT2D eigenvalue weighted by Gasteiger charge is 2.10. The normalized spacial score (nSPS) is 10.7. The van der Waals surface area contributed by atoms with E-state index in [1.807, 2.05) is 31.3 Å². The maximum atomic E-state index is 12.0. The number of nitrogens with zero attached hydrogens (tertiary/aromatic N) is 5. The van der Waals surface area contributed by atoms with Gasteiger partial charge in [0.05, 0.1) is 11.6 Å². The van der Waals surface area contributed by atoms with Gasteiger partial charge >= 0.3 is 0 Å². The van der Waals surface area contributed by atoms with Gasteiger partial charge in [-0.3, -0.25) is 9.48 Å². The van der Waals surface area contributed by atoms with Crippen LogP contribution in [0.4, 0.5) is 5.82 Å². The number of carbonyl (C=O) groups excluding carboxylic acids is 1. The maximum absolute atomic E-state index is 12.0. The summed E-state index contributed by atoms with van der Waals surface area (Å²) >= 11 is 0. The molecule has 2 heterocycles. The topological polar surface area (TPSA) is 75.9 Å². The van der Waals surface area contributed by atoms with E-state index in [0.29, 0.717) is 12.1 Å². The van der Waals surface area contributed by atoms with Gasteiger partial charge in [0.15, 0.2) is 5.65 Å². The summed E-state index contributed by atoms with van der Waals surface area (Å²) in [6.45, 7) is 0.565. The molecular weight excluding hydrogens is 292 g/mol. The largest absolute Gasteiger partial charge is 0.365 e. The van der Waals surface area contributed by atoms with E-state index in [-0.39, 0.29) is 5.91 Å². The van der Waals surface area contributed by atoms with E-state index < -0.39 is 0 Å². The third kappa shape index (κ3) is 2.98. The molecule has 0 spiro atoms. The first-order chi connectivity index (χ1) is 11.1. The van der Waals surface area contributed by atoms with Gasteiger partial charge in [0.2, 0.25) is 0 Å². The number of benzene rings is 1. The first kappa shape index (κ1) is 15.0. The molecule has 0 unspecified atom stereocenters. The Labute approximate surface area is 134 Å². The Morgan fingerprint density at radius 2 is 2.13 bits per heavy atom. The molecule has 0 aliphatic rings. The Morgan fingerprint density at radius 3 is 2.91 bits per heavy atom. The first-order valence-corrected chi connectivity index (χ1v) is 7.23. The number of aryl methyl sites for hydroxylation is 1. The highest BCUT2D eigenvalue weighted by atomic mass is 16.2. The van der Waals surface area contributed by atoms with Crippen LogP contribution in [0, 0.1) is 0 Å². The van der Waals surface area contributed by atoms with E-state index in [2.05, 4.69) is 20.4 Å². The lowest BCUT2D eigenvalue weighted by Crippen LogP contribution is -2.21. The van der Waals surface area contributed by atoms with Crippen molar-refractivity contribution >= 4 is 22.8 Å². The molecule has 3 aromatic rings. The maximum Gasteiger partial charge on any atom is 0.253 e. The molecule has 0 aliphatic carbocycles. The summed E-state index contributed by atoms with van der Waals surface area (Å²) in [7, 11) is 5.33. The fourth-order valence-electron chi connectivity index (χ4n) is 2.36. The van der Waals surface area contributed by atoms with Crippen molar-refractivity contribution in [1.82, 2.24) is 24.6 Å². The van der Waals surface area contributed by atoms with E-state index in [0.717, 1.165) is 22.4 Å². The van der Waals surface area contributed by atoms with Gasteiger partial charge in [0.25, 0.3) is 5.91 Å². The minimum Gasteiger partial charge on any atom is -0.365 e. The van der Waals surface area contributed by atoms with Crippen LogP contribution in [0.1, 0.15) is 15.9 Å². The molecule has 0 saturated heterocycles. The van der Waals surface area contributed by atoms with E-state index in [4.69, 9.17) is 0 Å². The van der Waals surface area contributed by atoms with Crippen LogP contribution in [0.3, 0.4) is 0 Å². The summed E-state index contributed by atoms with van der Waals surface area (Å²) in [5.74, 6) is 0.718. The Hall–Kier alpha value is -2.96. The van der Waals surface area contributed by atoms with Crippen LogP contribution in [0.15, 0.2) is 36.8 Å². The van der Waals surface area contributed by atoms with Crippen molar-refractivity contribution in [3.8, 4) is 0 Å². The molecule has 7 nitrogen and oxygen atoms in total. The van der Waals surface area contributed by atoms with Crippen molar-refractivity contribution in [2.75, 3.05) is 19.4 Å². The Kier molecular flexibility index (Phi) is 3.92. The summed E-state index contributed by atoms with van der Waals surface area (Å²) < 4.78 is 1.71. The molecule has 1 aromatic carbocycles. The van der Waals surface area contributed by atoms with Crippen molar-refractivity contribution in [3.63, 3.8) is 0 Å². The summed E-state index contributed by atoms with van der Waals surface area (Å²) in [6, 6.07) is 7.56. The zero-order valence-corrected chi connectivity index (χ0v) is 13.3. The second-order valence-corrected chi connectivity index (χ2v) is 5.48. The number of rotatable bonds is 4. The molecule has 1 amide bonds. The van der Waals surface area contributed by atoms with Crippen LogP contribution in [-0.2, 0) is 13.6 Å². The fourth-order valence-corrected chi connectivity index (χ4v) is 2.36. The smallest absolute Gasteiger partial charge is 0.253 e. The Morgan fingerprint density at radius 1 is 1.30 bits per heavy atom. The van der Waals surface area contributed by atoms with Gasteiger partial charge in [-0.05, 0) is 17.7 Å². The number of carbonyl (C=O) groups is 1. The second-order valence-electron chi connectivity index (χ2n) is 5.48. The van der Waals surface area contributed by atoms with Gasteiger partial charge in [0.1, 0.15) is 12.1 Å². The number of anilines is 1.